The molecule has 22 heavy (non-hydrogen) atoms. The summed E-state index contributed by atoms with van der Waals surface area (Å²) in [6, 6.07) is 23.3. The number of fused-ring (bicyclic) bond motifs is 4. The van der Waals surface area contributed by atoms with Crippen LogP contribution in [0.3, 0.4) is 0 Å². The fraction of sp³-hybridized carbons (Fsp3) is 0. The number of rotatable bonds is 1. The first kappa shape index (κ1) is 11.7. The standard InChI is InChI=1S/C21H13N/c1-2-6-14(7-3-1)20-13-16-10-11-18-17-9-5-4-8-15(17)12-19(18)21(16)22-20/h1-13H. The molecule has 3 aromatic carbocycles. The highest BCUT2D eigenvalue weighted by atomic mass is 14.8. The highest BCUT2D eigenvalue weighted by molar-refractivity contribution is 6.24. The molecular weight excluding hydrogens is 266 g/mol. The normalized spacial score (nSPS) is 13.5. The zero-order chi connectivity index (χ0) is 14.5. The third-order valence-electron chi connectivity index (χ3n) is 4.39. The molecule has 0 saturated heterocycles. The second kappa shape index (κ2) is 4.28. The summed E-state index contributed by atoms with van der Waals surface area (Å²) >= 11 is 0. The lowest BCUT2D eigenvalue weighted by Crippen LogP contribution is -2.00. The van der Waals surface area contributed by atoms with Gasteiger partial charge in [0.25, 0.3) is 0 Å². The summed E-state index contributed by atoms with van der Waals surface area (Å²) in [4.78, 5) is 4.91. The first-order valence-electron chi connectivity index (χ1n) is 7.50. The monoisotopic (exact) mass is 279 g/mol. The van der Waals surface area contributed by atoms with Crippen LogP contribution < -0.4 is 10.4 Å². The maximum atomic E-state index is 4.91. The minimum atomic E-state index is 1.05. The van der Waals surface area contributed by atoms with Crippen molar-refractivity contribution in [3.63, 3.8) is 0 Å². The summed E-state index contributed by atoms with van der Waals surface area (Å²) < 4.78 is 0. The van der Waals surface area contributed by atoms with Crippen LogP contribution in [-0.2, 0) is 0 Å². The molecule has 2 aliphatic rings. The molecule has 1 aliphatic heterocycles. The predicted molar refractivity (Wildman–Crippen MR) is 90.5 cm³/mol. The van der Waals surface area contributed by atoms with Gasteiger partial charge in [0.15, 0.2) is 0 Å². The van der Waals surface area contributed by atoms with E-state index in [9.17, 15) is 0 Å². The van der Waals surface area contributed by atoms with Crippen molar-refractivity contribution in [2.75, 3.05) is 0 Å². The SMILES string of the molecule is C1=c2ccc3c(c2N=C1c1ccccc1)C=c1ccccc1=3. The Morgan fingerprint density at radius 3 is 2.32 bits per heavy atom. The fourth-order valence-electron chi connectivity index (χ4n) is 3.33. The average Bonchev–Trinajstić information content (AvgIpc) is 3.16. The van der Waals surface area contributed by atoms with E-state index in [1.807, 2.05) is 6.07 Å². The molecule has 0 fully saturated rings. The molecule has 0 spiro atoms. The van der Waals surface area contributed by atoms with Crippen molar-refractivity contribution in [3.8, 4) is 0 Å². The summed E-state index contributed by atoms with van der Waals surface area (Å²) in [5.41, 5.74) is 4.57. The third-order valence-corrected chi connectivity index (χ3v) is 4.39. The van der Waals surface area contributed by atoms with E-state index in [1.165, 1.54) is 32.0 Å². The van der Waals surface area contributed by atoms with Gasteiger partial charge in [0.05, 0.1) is 11.4 Å². The number of aliphatic imine (C=N–C) groups is 1. The summed E-state index contributed by atoms with van der Waals surface area (Å²) in [5.74, 6) is 0. The van der Waals surface area contributed by atoms with Gasteiger partial charge in [-0.3, -0.25) is 0 Å². The van der Waals surface area contributed by atoms with E-state index < -0.39 is 0 Å². The minimum absolute atomic E-state index is 1.05. The highest BCUT2D eigenvalue weighted by Gasteiger charge is 2.14. The maximum absolute atomic E-state index is 4.91. The van der Waals surface area contributed by atoms with E-state index in [4.69, 9.17) is 4.99 Å². The van der Waals surface area contributed by atoms with Crippen LogP contribution in [0.5, 0.6) is 0 Å². The maximum Gasteiger partial charge on any atom is 0.0789 e. The minimum Gasteiger partial charge on any atom is -0.247 e. The molecule has 0 radical (unpaired) electrons. The molecule has 1 aliphatic carbocycles. The van der Waals surface area contributed by atoms with Crippen molar-refractivity contribution < 1.29 is 0 Å². The molecule has 0 bridgehead atoms. The Balaban J connectivity index is 1.82. The van der Waals surface area contributed by atoms with Crippen LogP contribution in [0.25, 0.3) is 12.2 Å². The topological polar surface area (TPSA) is 12.4 Å². The van der Waals surface area contributed by atoms with E-state index in [2.05, 4.69) is 72.8 Å². The average molecular weight is 279 g/mol. The lowest BCUT2D eigenvalue weighted by Gasteiger charge is -1.99. The van der Waals surface area contributed by atoms with Gasteiger partial charge in [0.2, 0.25) is 0 Å². The Bertz CT molecular complexity index is 1150. The Kier molecular flexibility index (Phi) is 2.28. The van der Waals surface area contributed by atoms with Crippen molar-refractivity contribution in [1.29, 1.82) is 0 Å². The highest BCUT2D eigenvalue weighted by Crippen LogP contribution is 2.24. The lowest BCUT2D eigenvalue weighted by molar-refractivity contribution is 1.43. The van der Waals surface area contributed by atoms with Crippen molar-refractivity contribution in [1.82, 2.24) is 0 Å². The van der Waals surface area contributed by atoms with Gasteiger partial charge in [-0.1, -0.05) is 66.7 Å². The largest absolute Gasteiger partial charge is 0.247 e. The molecule has 1 nitrogen and oxygen atoms in total. The van der Waals surface area contributed by atoms with E-state index >= 15 is 0 Å². The number of nitrogens with zero attached hydrogens (tertiary/aromatic N) is 1. The van der Waals surface area contributed by atoms with Crippen LogP contribution in [-0.4, -0.2) is 5.71 Å². The molecule has 0 saturated carbocycles. The molecule has 5 rings (SSSR count). The Morgan fingerprint density at radius 2 is 1.41 bits per heavy atom. The van der Waals surface area contributed by atoms with Crippen molar-refractivity contribution in [2.24, 2.45) is 4.99 Å². The third kappa shape index (κ3) is 1.57. The zero-order valence-corrected chi connectivity index (χ0v) is 12.0. The van der Waals surface area contributed by atoms with Gasteiger partial charge < -0.3 is 0 Å². The molecule has 1 heteroatoms. The first-order valence-corrected chi connectivity index (χ1v) is 7.50. The van der Waals surface area contributed by atoms with Crippen molar-refractivity contribution >= 4 is 23.6 Å². The zero-order valence-electron chi connectivity index (χ0n) is 12.0. The van der Waals surface area contributed by atoms with Crippen LogP contribution in [0.1, 0.15) is 11.1 Å². The molecule has 3 aromatic rings. The van der Waals surface area contributed by atoms with Gasteiger partial charge in [-0.2, -0.15) is 0 Å². The molecule has 0 N–H and O–H groups in total. The van der Waals surface area contributed by atoms with Gasteiger partial charge >= 0.3 is 0 Å². The smallest absolute Gasteiger partial charge is 0.0789 e. The van der Waals surface area contributed by atoms with Crippen molar-refractivity contribution in [3.05, 3.63) is 98.7 Å². The number of benzene rings is 3. The number of hydrogen-bond donors (Lipinski definition) is 0. The summed E-state index contributed by atoms with van der Waals surface area (Å²) in [5, 5.41) is 5.10. The molecule has 102 valence electrons. The van der Waals surface area contributed by atoms with Crippen molar-refractivity contribution in [2.45, 2.75) is 0 Å². The second-order valence-electron chi connectivity index (χ2n) is 5.70. The van der Waals surface area contributed by atoms with Gasteiger partial charge in [0.1, 0.15) is 0 Å². The van der Waals surface area contributed by atoms with E-state index in [1.54, 1.807) is 0 Å². The number of hydrogen-bond acceptors (Lipinski definition) is 1. The molecule has 0 atom stereocenters. The van der Waals surface area contributed by atoms with Gasteiger partial charge in [-0.25, -0.2) is 4.99 Å². The van der Waals surface area contributed by atoms with E-state index in [-0.39, 0.29) is 0 Å². The Morgan fingerprint density at radius 1 is 0.591 bits per heavy atom. The molecule has 0 aromatic heterocycles. The molecule has 0 unspecified atom stereocenters. The summed E-state index contributed by atoms with van der Waals surface area (Å²) in [6.45, 7) is 0. The van der Waals surface area contributed by atoms with Crippen LogP contribution in [0, 0.1) is 10.4 Å². The van der Waals surface area contributed by atoms with Crippen LogP contribution >= 0.6 is 0 Å². The Labute approximate surface area is 127 Å². The van der Waals surface area contributed by atoms with E-state index in [0.29, 0.717) is 0 Å². The Hall–Kier alpha value is -2.93. The lowest BCUT2D eigenvalue weighted by atomic mass is 10.1. The van der Waals surface area contributed by atoms with Crippen LogP contribution in [0.4, 0.5) is 5.69 Å². The summed E-state index contributed by atoms with van der Waals surface area (Å²) in [7, 11) is 0. The second-order valence-corrected chi connectivity index (χ2v) is 5.70. The van der Waals surface area contributed by atoms with Gasteiger partial charge in [0, 0.05) is 16.3 Å². The first-order chi connectivity index (χ1) is 10.9. The predicted octanol–water partition coefficient (Wildman–Crippen LogP) is 3.03. The van der Waals surface area contributed by atoms with E-state index in [0.717, 1.165) is 11.4 Å². The summed E-state index contributed by atoms with van der Waals surface area (Å²) in [6.07, 6.45) is 4.44. The fourth-order valence-corrected chi connectivity index (χ4v) is 3.33. The van der Waals surface area contributed by atoms with Crippen LogP contribution in [0.15, 0.2) is 71.7 Å². The molecule has 1 heterocycles. The van der Waals surface area contributed by atoms with Crippen LogP contribution in [0.2, 0.25) is 0 Å². The molecular formula is C21H13N. The van der Waals surface area contributed by atoms with Gasteiger partial charge in [-0.15, -0.1) is 0 Å². The quantitative estimate of drug-likeness (QED) is 0.508. The molecule has 0 amide bonds. The van der Waals surface area contributed by atoms with Gasteiger partial charge in [-0.05, 0) is 27.8 Å².